The topological polar surface area (TPSA) is 89.3 Å². The van der Waals surface area contributed by atoms with Crippen molar-refractivity contribution < 1.29 is 17.6 Å². The first kappa shape index (κ1) is 17.2. The van der Waals surface area contributed by atoms with Crippen LogP contribution in [-0.2, 0) is 10.0 Å². The van der Waals surface area contributed by atoms with E-state index < -0.39 is 21.7 Å². The van der Waals surface area contributed by atoms with Gasteiger partial charge >= 0.3 is 0 Å². The van der Waals surface area contributed by atoms with Crippen molar-refractivity contribution in [1.29, 1.82) is 0 Å². The molecule has 0 spiro atoms. The molecule has 0 aliphatic rings. The second kappa shape index (κ2) is 6.17. The molecule has 2 aromatic rings. The lowest BCUT2D eigenvalue weighted by Crippen LogP contribution is -2.17. The van der Waals surface area contributed by atoms with Crippen LogP contribution in [-0.4, -0.2) is 14.3 Å². The molecule has 0 aliphatic heterocycles. The van der Waals surface area contributed by atoms with Gasteiger partial charge in [0.2, 0.25) is 5.91 Å². The molecule has 0 fully saturated rings. The van der Waals surface area contributed by atoms with E-state index in [9.17, 15) is 17.6 Å². The summed E-state index contributed by atoms with van der Waals surface area (Å²) >= 11 is 5.93. The Labute approximate surface area is 138 Å². The molecule has 2 aromatic carbocycles. The van der Waals surface area contributed by atoms with Gasteiger partial charge in [0.15, 0.2) is 0 Å². The summed E-state index contributed by atoms with van der Waals surface area (Å²) in [4.78, 5) is 11.1. The number of hydrogen-bond donors (Lipinski definition) is 2. The number of amides is 1. The van der Waals surface area contributed by atoms with Gasteiger partial charge in [0.25, 0.3) is 10.0 Å². The average molecular weight is 357 g/mol. The molecule has 0 saturated carbocycles. The highest BCUT2D eigenvalue weighted by Crippen LogP contribution is 2.26. The van der Waals surface area contributed by atoms with E-state index in [0.29, 0.717) is 5.02 Å². The summed E-state index contributed by atoms with van der Waals surface area (Å²) in [7, 11) is -3.99. The summed E-state index contributed by atoms with van der Waals surface area (Å²) in [5.41, 5.74) is 5.70. The highest BCUT2D eigenvalue weighted by Gasteiger charge is 2.19. The van der Waals surface area contributed by atoms with Gasteiger partial charge in [-0.05, 0) is 43.7 Å². The Morgan fingerprint density at radius 3 is 2.43 bits per heavy atom. The van der Waals surface area contributed by atoms with Gasteiger partial charge in [0, 0.05) is 16.1 Å². The van der Waals surface area contributed by atoms with E-state index >= 15 is 0 Å². The number of rotatable bonds is 4. The number of nitrogens with two attached hydrogens (primary N) is 1. The molecular weight excluding hydrogens is 343 g/mol. The van der Waals surface area contributed by atoms with E-state index in [4.69, 9.17) is 17.3 Å². The van der Waals surface area contributed by atoms with Gasteiger partial charge in [-0.15, -0.1) is 0 Å². The van der Waals surface area contributed by atoms with E-state index in [-0.39, 0.29) is 21.7 Å². The number of carbonyl (C=O) groups excluding carboxylic acids is 1. The highest BCUT2D eigenvalue weighted by atomic mass is 35.5. The quantitative estimate of drug-likeness (QED) is 0.882. The first-order chi connectivity index (χ1) is 10.6. The van der Waals surface area contributed by atoms with Gasteiger partial charge in [-0.3, -0.25) is 9.52 Å². The predicted molar refractivity (Wildman–Crippen MR) is 86.7 cm³/mol. The maximum atomic E-state index is 13.8. The first-order valence-corrected chi connectivity index (χ1v) is 8.37. The third kappa shape index (κ3) is 3.62. The lowest BCUT2D eigenvalue weighted by atomic mass is 10.1. The minimum Gasteiger partial charge on any atom is -0.366 e. The van der Waals surface area contributed by atoms with Crippen molar-refractivity contribution in [1.82, 2.24) is 0 Å². The van der Waals surface area contributed by atoms with Crippen LogP contribution in [0.3, 0.4) is 0 Å². The van der Waals surface area contributed by atoms with Crippen LogP contribution in [0.1, 0.15) is 21.5 Å². The number of nitrogens with one attached hydrogen (secondary N) is 1. The summed E-state index contributed by atoms with van der Waals surface area (Å²) in [5, 5.41) is 0.293. The van der Waals surface area contributed by atoms with Crippen LogP contribution in [0.5, 0.6) is 0 Å². The number of carbonyl (C=O) groups is 1. The zero-order chi connectivity index (χ0) is 17.4. The van der Waals surface area contributed by atoms with E-state index in [0.717, 1.165) is 11.6 Å². The van der Waals surface area contributed by atoms with Gasteiger partial charge < -0.3 is 5.73 Å². The Morgan fingerprint density at radius 1 is 1.22 bits per heavy atom. The highest BCUT2D eigenvalue weighted by molar-refractivity contribution is 7.92. The van der Waals surface area contributed by atoms with Gasteiger partial charge in [0.1, 0.15) is 5.82 Å². The molecule has 0 atom stereocenters. The van der Waals surface area contributed by atoms with Crippen molar-refractivity contribution in [3.8, 4) is 0 Å². The van der Waals surface area contributed by atoms with Crippen LogP contribution in [0.15, 0.2) is 35.2 Å². The lowest BCUT2D eigenvalue weighted by Gasteiger charge is -2.13. The molecule has 0 heterocycles. The second-order valence-corrected chi connectivity index (χ2v) is 7.10. The molecule has 23 heavy (non-hydrogen) atoms. The summed E-state index contributed by atoms with van der Waals surface area (Å²) in [5.74, 6) is -1.59. The summed E-state index contributed by atoms with van der Waals surface area (Å²) < 4.78 is 40.9. The van der Waals surface area contributed by atoms with Crippen molar-refractivity contribution >= 4 is 33.2 Å². The van der Waals surface area contributed by atoms with Crippen LogP contribution < -0.4 is 10.5 Å². The number of hydrogen-bond acceptors (Lipinski definition) is 3. The largest absolute Gasteiger partial charge is 0.366 e. The molecule has 0 aliphatic carbocycles. The molecule has 0 aromatic heterocycles. The average Bonchev–Trinajstić information content (AvgIpc) is 2.46. The molecule has 2 rings (SSSR count). The van der Waals surface area contributed by atoms with E-state index in [1.54, 1.807) is 13.0 Å². The molecule has 122 valence electrons. The Hall–Kier alpha value is -2.12. The maximum absolute atomic E-state index is 13.8. The Kier molecular flexibility index (Phi) is 4.63. The van der Waals surface area contributed by atoms with Crippen molar-refractivity contribution in [2.45, 2.75) is 18.7 Å². The number of benzene rings is 2. The summed E-state index contributed by atoms with van der Waals surface area (Å²) in [6.07, 6.45) is 0. The second-order valence-electron chi connectivity index (χ2n) is 5.01. The SMILES string of the molecule is Cc1ccc(S(=O)(=O)Nc2cc(C(N)=O)cc(F)c2C)cc1Cl. The zero-order valence-electron chi connectivity index (χ0n) is 12.4. The maximum Gasteiger partial charge on any atom is 0.261 e. The molecule has 8 heteroatoms. The van der Waals surface area contributed by atoms with Crippen LogP contribution in [0.4, 0.5) is 10.1 Å². The molecule has 0 bridgehead atoms. The van der Waals surface area contributed by atoms with E-state index in [1.165, 1.54) is 25.1 Å². The predicted octanol–water partition coefficient (Wildman–Crippen LogP) is 3.00. The van der Waals surface area contributed by atoms with Crippen molar-refractivity contribution in [2.24, 2.45) is 5.73 Å². The molecule has 3 N–H and O–H groups in total. The third-order valence-electron chi connectivity index (χ3n) is 3.33. The fourth-order valence-corrected chi connectivity index (χ4v) is 3.26. The number of anilines is 1. The minimum absolute atomic E-state index is 0.0526. The number of aryl methyl sites for hydroxylation is 1. The zero-order valence-corrected chi connectivity index (χ0v) is 13.9. The van der Waals surface area contributed by atoms with Gasteiger partial charge in [0.05, 0.1) is 10.6 Å². The van der Waals surface area contributed by atoms with Crippen LogP contribution >= 0.6 is 11.6 Å². The number of primary amides is 1. The van der Waals surface area contributed by atoms with E-state index in [1.807, 2.05) is 0 Å². The summed E-state index contributed by atoms with van der Waals surface area (Å²) in [6, 6.07) is 6.38. The molecular formula is C15H14ClFN2O3S. The monoisotopic (exact) mass is 356 g/mol. The molecule has 1 amide bonds. The Balaban J connectivity index is 2.48. The van der Waals surface area contributed by atoms with Gasteiger partial charge in [-0.1, -0.05) is 17.7 Å². The molecule has 0 saturated heterocycles. The lowest BCUT2D eigenvalue weighted by molar-refractivity contribution is 0.1000. The normalized spacial score (nSPS) is 11.3. The minimum atomic E-state index is -3.99. The van der Waals surface area contributed by atoms with Crippen LogP contribution in [0.25, 0.3) is 0 Å². The van der Waals surface area contributed by atoms with E-state index in [2.05, 4.69) is 4.72 Å². The molecule has 0 radical (unpaired) electrons. The third-order valence-corrected chi connectivity index (χ3v) is 5.10. The van der Waals surface area contributed by atoms with Gasteiger partial charge in [-0.25, -0.2) is 12.8 Å². The summed E-state index contributed by atoms with van der Waals surface area (Å²) in [6.45, 7) is 3.13. The van der Waals surface area contributed by atoms with Gasteiger partial charge in [-0.2, -0.15) is 0 Å². The smallest absolute Gasteiger partial charge is 0.261 e. The Morgan fingerprint density at radius 2 is 1.87 bits per heavy atom. The van der Waals surface area contributed by atoms with Crippen molar-refractivity contribution in [2.75, 3.05) is 4.72 Å². The van der Waals surface area contributed by atoms with Crippen LogP contribution in [0, 0.1) is 19.7 Å². The number of sulfonamides is 1. The van der Waals surface area contributed by atoms with Crippen molar-refractivity contribution in [3.63, 3.8) is 0 Å². The Bertz CT molecular complexity index is 898. The fourth-order valence-electron chi connectivity index (χ4n) is 1.87. The standard InChI is InChI=1S/C15H14ClFN2O3S/c1-8-3-4-11(7-12(8)16)23(21,22)19-14-6-10(15(18)20)5-13(17)9(14)2/h3-7,19H,1-2H3,(H2,18,20). The van der Waals surface area contributed by atoms with Crippen molar-refractivity contribution in [3.05, 3.63) is 57.9 Å². The number of halogens is 2. The van der Waals surface area contributed by atoms with Crippen LogP contribution in [0.2, 0.25) is 5.02 Å². The first-order valence-electron chi connectivity index (χ1n) is 6.51. The molecule has 5 nitrogen and oxygen atoms in total. The fraction of sp³-hybridized carbons (Fsp3) is 0.133. The molecule has 0 unspecified atom stereocenters.